The van der Waals surface area contributed by atoms with Gasteiger partial charge in [-0.25, -0.2) is 0 Å². The lowest BCUT2D eigenvalue weighted by Gasteiger charge is -2.18. The predicted molar refractivity (Wildman–Crippen MR) is 302 cm³/mol. The monoisotopic (exact) mass is 977 g/mol. The Bertz CT molecular complexity index is 1310. The average Bonchev–Trinajstić information content (AvgIpc) is 3.36. The lowest BCUT2D eigenvalue weighted by atomic mass is 10.0. The average molecular weight is 978 g/mol. The SMILES string of the molecule is CC/C=C\C/C=C\C/C=C\C/C=C\C/C=C\CCCC(=O)OC(COC(=O)CCCCCCCCCCCC)COC(=O)CCCCCCCCCCCCCCC/C=C\CCCCCCCCCC. The summed E-state index contributed by atoms with van der Waals surface area (Å²) >= 11 is 0. The molecule has 0 aliphatic carbocycles. The smallest absolute Gasteiger partial charge is 0.306 e. The molecule has 0 aliphatic heterocycles. The van der Waals surface area contributed by atoms with Crippen LogP contribution in [-0.4, -0.2) is 37.2 Å². The zero-order valence-corrected chi connectivity index (χ0v) is 46.3. The summed E-state index contributed by atoms with van der Waals surface area (Å²) in [6, 6.07) is 0. The van der Waals surface area contributed by atoms with Crippen LogP contribution in [0, 0.1) is 0 Å². The highest BCUT2D eigenvalue weighted by Gasteiger charge is 2.19. The van der Waals surface area contributed by atoms with Crippen molar-refractivity contribution in [1.29, 1.82) is 0 Å². The first kappa shape index (κ1) is 66.9. The third kappa shape index (κ3) is 55.8. The van der Waals surface area contributed by atoms with Crippen LogP contribution in [0.15, 0.2) is 72.9 Å². The molecular formula is C64H112O6. The Hall–Kier alpha value is -3.15. The van der Waals surface area contributed by atoms with Crippen LogP contribution in [0.25, 0.3) is 0 Å². The molecule has 0 spiro atoms. The topological polar surface area (TPSA) is 78.9 Å². The van der Waals surface area contributed by atoms with Gasteiger partial charge in [0, 0.05) is 19.3 Å². The maximum Gasteiger partial charge on any atom is 0.306 e. The molecule has 0 N–H and O–H groups in total. The van der Waals surface area contributed by atoms with Crippen LogP contribution in [-0.2, 0) is 28.6 Å². The number of carbonyl (C=O) groups is 3. The summed E-state index contributed by atoms with van der Waals surface area (Å²) in [6.45, 7) is 6.49. The van der Waals surface area contributed by atoms with Gasteiger partial charge in [-0.1, -0.05) is 267 Å². The molecule has 0 radical (unpaired) electrons. The van der Waals surface area contributed by atoms with Gasteiger partial charge in [-0.15, -0.1) is 0 Å². The van der Waals surface area contributed by atoms with E-state index < -0.39 is 6.10 Å². The second-order valence-electron chi connectivity index (χ2n) is 19.9. The molecule has 1 atom stereocenters. The quantitative estimate of drug-likeness (QED) is 0.0261. The predicted octanol–water partition coefficient (Wildman–Crippen LogP) is 20.2. The molecule has 1 unspecified atom stereocenters. The molecular weight excluding hydrogens is 865 g/mol. The van der Waals surface area contributed by atoms with E-state index in [2.05, 4.69) is 93.7 Å². The number of hydrogen-bond donors (Lipinski definition) is 0. The molecule has 404 valence electrons. The van der Waals surface area contributed by atoms with E-state index >= 15 is 0 Å². The molecule has 0 bridgehead atoms. The summed E-state index contributed by atoms with van der Waals surface area (Å²) in [5.74, 6) is -0.947. The van der Waals surface area contributed by atoms with Crippen molar-refractivity contribution in [3.05, 3.63) is 72.9 Å². The summed E-state index contributed by atoms with van der Waals surface area (Å²) in [5, 5.41) is 0. The Kier molecular flexibility index (Phi) is 55.8. The summed E-state index contributed by atoms with van der Waals surface area (Å²) in [6.07, 6.45) is 74.9. The minimum absolute atomic E-state index is 0.0955. The number of esters is 3. The van der Waals surface area contributed by atoms with Crippen LogP contribution in [0.1, 0.15) is 297 Å². The molecule has 0 fully saturated rings. The first-order valence-corrected chi connectivity index (χ1v) is 29.9. The third-order valence-electron chi connectivity index (χ3n) is 12.9. The fourth-order valence-electron chi connectivity index (χ4n) is 8.47. The zero-order valence-electron chi connectivity index (χ0n) is 46.3. The standard InChI is InChI=1S/C64H112O6/c1-4-7-10-13-16-19-22-24-26-28-29-30-31-32-33-34-35-37-38-40-42-45-48-51-54-57-63(66)69-60-61(59-68-62(65)56-53-50-47-44-21-18-15-12-9-6-3)70-64(67)58-55-52-49-46-43-41-39-36-27-25-23-20-17-14-11-8-5-2/h8,11,17,20,25,27-29,39,41,46,49,61H,4-7,9-10,12-16,18-19,21-24,26,30-38,40,42-45,47-48,50-60H2,1-3H3/b11-8-,20-17-,27-25-,29-28-,41-39-,49-46-. The Labute approximate surface area is 433 Å². The number of carbonyl (C=O) groups excluding carboxylic acids is 3. The molecule has 0 rings (SSSR count). The van der Waals surface area contributed by atoms with Crippen LogP contribution in [0.3, 0.4) is 0 Å². The molecule has 6 heteroatoms. The van der Waals surface area contributed by atoms with Gasteiger partial charge in [0.05, 0.1) is 0 Å². The van der Waals surface area contributed by atoms with Crippen molar-refractivity contribution >= 4 is 17.9 Å². The van der Waals surface area contributed by atoms with E-state index in [0.717, 1.165) is 77.0 Å². The molecule has 0 heterocycles. The van der Waals surface area contributed by atoms with Crippen molar-refractivity contribution in [3.8, 4) is 0 Å². The van der Waals surface area contributed by atoms with Gasteiger partial charge >= 0.3 is 17.9 Å². The largest absolute Gasteiger partial charge is 0.462 e. The Morgan fingerprint density at radius 3 is 0.929 bits per heavy atom. The number of ether oxygens (including phenoxy) is 3. The Morgan fingerprint density at radius 2 is 0.571 bits per heavy atom. The van der Waals surface area contributed by atoms with E-state index in [1.165, 1.54) is 173 Å². The van der Waals surface area contributed by atoms with Crippen molar-refractivity contribution in [2.45, 2.75) is 303 Å². The maximum absolute atomic E-state index is 12.8. The van der Waals surface area contributed by atoms with Crippen molar-refractivity contribution in [2.75, 3.05) is 13.2 Å². The van der Waals surface area contributed by atoms with Gasteiger partial charge in [0.15, 0.2) is 6.10 Å². The molecule has 70 heavy (non-hydrogen) atoms. The molecule has 0 saturated carbocycles. The van der Waals surface area contributed by atoms with Gasteiger partial charge in [-0.05, 0) is 83.5 Å². The van der Waals surface area contributed by atoms with Gasteiger partial charge in [0.2, 0.25) is 0 Å². The maximum atomic E-state index is 12.8. The summed E-state index contributed by atoms with van der Waals surface area (Å²) in [7, 11) is 0. The van der Waals surface area contributed by atoms with E-state index in [4.69, 9.17) is 14.2 Å². The van der Waals surface area contributed by atoms with Crippen LogP contribution in [0.4, 0.5) is 0 Å². The molecule has 0 aromatic heterocycles. The first-order chi connectivity index (χ1) is 34.5. The lowest BCUT2D eigenvalue weighted by molar-refractivity contribution is -0.167. The second-order valence-corrected chi connectivity index (χ2v) is 19.9. The number of unbranched alkanes of at least 4 members (excludes halogenated alkanes) is 31. The van der Waals surface area contributed by atoms with Crippen LogP contribution >= 0.6 is 0 Å². The fourth-order valence-corrected chi connectivity index (χ4v) is 8.47. The first-order valence-electron chi connectivity index (χ1n) is 29.9. The lowest BCUT2D eigenvalue weighted by Crippen LogP contribution is -2.30. The highest BCUT2D eigenvalue weighted by Crippen LogP contribution is 2.16. The number of allylic oxidation sites excluding steroid dienone is 12. The van der Waals surface area contributed by atoms with Gasteiger partial charge in [-0.2, -0.15) is 0 Å². The molecule has 0 aromatic carbocycles. The van der Waals surface area contributed by atoms with Gasteiger partial charge in [0.25, 0.3) is 0 Å². The Morgan fingerprint density at radius 1 is 0.300 bits per heavy atom. The van der Waals surface area contributed by atoms with Crippen molar-refractivity contribution in [1.82, 2.24) is 0 Å². The van der Waals surface area contributed by atoms with E-state index in [0.29, 0.717) is 19.3 Å². The number of rotatable bonds is 54. The fraction of sp³-hybridized carbons (Fsp3) is 0.766. The minimum Gasteiger partial charge on any atom is -0.462 e. The zero-order chi connectivity index (χ0) is 50.7. The summed E-state index contributed by atoms with van der Waals surface area (Å²) < 4.78 is 16.8. The van der Waals surface area contributed by atoms with Crippen LogP contribution in [0.2, 0.25) is 0 Å². The minimum atomic E-state index is -0.803. The highest BCUT2D eigenvalue weighted by atomic mass is 16.6. The van der Waals surface area contributed by atoms with Gasteiger partial charge in [-0.3, -0.25) is 14.4 Å². The normalized spacial score (nSPS) is 12.6. The van der Waals surface area contributed by atoms with Crippen molar-refractivity contribution < 1.29 is 28.6 Å². The Balaban J connectivity index is 4.28. The molecule has 0 saturated heterocycles. The second kappa shape index (κ2) is 58.4. The van der Waals surface area contributed by atoms with E-state index in [9.17, 15) is 14.4 Å². The molecule has 0 aromatic rings. The van der Waals surface area contributed by atoms with Gasteiger partial charge < -0.3 is 14.2 Å². The molecule has 0 aliphatic rings. The van der Waals surface area contributed by atoms with E-state index in [1.807, 2.05) is 0 Å². The molecule has 6 nitrogen and oxygen atoms in total. The number of hydrogen-bond acceptors (Lipinski definition) is 6. The van der Waals surface area contributed by atoms with E-state index in [-0.39, 0.29) is 37.5 Å². The van der Waals surface area contributed by atoms with Gasteiger partial charge in [0.1, 0.15) is 13.2 Å². The van der Waals surface area contributed by atoms with Crippen LogP contribution in [0.5, 0.6) is 0 Å². The van der Waals surface area contributed by atoms with Crippen molar-refractivity contribution in [2.24, 2.45) is 0 Å². The third-order valence-corrected chi connectivity index (χ3v) is 12.9. The van der Waals surface area contributed by atoms with E-state index in [1.54, 1.807) is 0 Å². The van der Waals surface area contributed by atoms with Crippen molar-refractivity contribution in [3.63, 3.8) is 0 Å². The summed E-state index contributed by atoms with van der Waals surface area (Å²) in [5.41, 5.74) is 0. The van der Waals surface area contributed by atoms with Crippen LogP contribution < -0.4 is 0 Å². The molecule has 0 amide bonds. The summed E-state index contributed by atoms with van der Waals surface area (Å²) in [4.78, 5) is 38.1. The highest BCUT2D eigenvalue weighted by molar-refractivity contribution is 5.71.